The molecule has 0 bridgehead atoms. The molecular weight excluding hydrogens is 344 g/mol. The first-order chi connectivity index (χ1) is 8.56. The predicted molar refractivity (Wildman–Crippen MR) is 79.3 cm³/mol. The van der Waals surface area contributed by atoms with Gasteiger partial charge in [0.25, 0.3) is 0 Å². The van der Waals surface area contributed by atoms with Crippen LogP contribution in [0.3, 0.4) is 0 Å². The van der Waals surface area contributed by atoms with Gasteiger partial charge in [-0.3, -0.25) is 0 Å². The van der Waals surface area contributed by atoms with Crippen LogP contribution in [0, 0.1) is 9.39 Å². The van der Waals surface area contributed by atoms with Gasteiger partial charge < -0.3 is 10.4 Å². The Morgan fingerprint density at radius 3 is 2.50 bits per heavy atom. The predicted octanol–water partition coefficient (Wildman–Crippen LogP) is 4.31. The Morgan fingerprint density at radius 1 is 1.17 bits per heavy atom. The quantitative estimate of drug-likeness (QED) is 0.803. The van der Waals surface area contributed by atoms with E-state index in [1.54, 1.807) is 0 Å². The molecule has 0 spiro atoms. The van der Waals surface area contributed by atoms with Gasteiger partial charge in [-0.25, -0.2) is 4.39 Å². The van der Waals surface area contributed by atoms with Crippen LogP contribution >= 0.6 is 22.6 Å². The van der Waals surface area contributed by atoms with Crippen LogP contribution in [0.5, 0.6) is 5.75 Å². The Kier molecular flexibility index (Phi) is 4.06. The number of hydrogen-bond donors (Lipinski definition) is 2. The summed E-state index contributed by atoms with van der Waals surface area (Å²) >= 11 is 2.23. The third-order valence-corrected chi connectivity index (χ3v) is 3.40. The van der Waals surface area contributed by atoms with E-state index in [0.29, 0.717) is 5.56 Å². The largest absolute Gasteiger partial charge is 0.508 e. The second-order valence-corrected chi connectivity index (χ2v) is 5.32. The minimum absolute atomic E-state index is 0.0990. The first kappa shape index (κ1) is 13.1. The van der Waals surface area contributed by atoms with Crippen LogP contribution in [0.4, 0.5) is 10.1 Å². The number of benzene rings is 2. The van der Waals surface area contributed by atoms with Crippen LogP contribution in [0.15, 0.2) is 42.5 Å². The molecule has 0 aliphatic heterocycles. The Labute approximate surface area is 119 Å². The van der Waals surface area contributed by atoms with Gasteiger partial charge in [0.2, 0.25) is 0 Å². The number of hydrogen-bond acceptors (Lipinski definition) is 2. The molecule has 0 heterocycles. The van der Waals surface area contributed by atoms with Crippen molar-refractivity contribution in [3.63, 3.8) is 0 Å². The molecule has 2 aromatic carbocycles. The van der Waals surface area contributed by atoms with Gasteiger partial charge in [-0.1, -0.05) is 0 Å². The lowest BCUT2D eigenvalue weighted by molar-refractivity contribution is 0.462. The summed E-state index contributed by atoms with van der Waals surface area (Å²) in [7, 11) is 0. The van der Waals surface area contributed by atoms with E-state index in [1.807, 2.05) is 31.2 Å². The molecule has 0 amide bonds. The normalized spacial score (nSPS) is 12.2. The van der Waals surface area contributed by atoms with E-state index < -0.39 is 0 Å². The summed E-state index contributed by atoms with van der Waals surface area (Å²) in [5.41, 5.74) is 1.49. The van der Waals surface area contributed by atoms with E-state index >= 15 is 0 Å². The average Bonchev–Trinajstić information content (AvgIpc) is 2.35. The first-order valence-corrected chi connectivity index (χ1v) is 6.64. The Morgan fingerprint density at radius 2 is 1.83 bits per heavy atom. The monoisotopic (exact) mass is 357 g/mol. The van der Waals surface area contributed by atoms with E-state index in [4.69, 9.17) is 0 Å². The average molecular weight is 357 g/mol. The SMILES string of the molecule is CC(Nc1ccc(I)cc1)c1cc(F)ccc1O. The van der Waals surface area contributed by atoms with Crippen molar-refractivity contribution in [1.29, 1.82) is 0 Å². The zero-order valence-electron chi connectivity index (χ0n) is 9.82. The fourth-order valence-corrected chi connectivity index (χ4v) is 2.11. The van der Waals surface area contributed by atoms with Crippen molar-refractivity contribution < 1.29 is 9.50 Å². The molecule has 4 heteroatoms. The molecule has 18 heavy (non-hydrogen) atoms. The number of nitrogens with one attached hydrogen (secondary N) is 1. The van der Waals surface area contributed by atoms with E-state index in [2.05, 4.69) is 27.9 Å². The van der Waals surface area contributed by atoms with E-state index in [-0.39, 0.29) is 17.6 Å². The van der Waals surface area contributed by atoms with Gasteiger partial charge in [0, 0.05) is 14.8 Å². The maximum Gasteiger partial charge on any atom is 0.123 e. The van der Waals surface area contributed by atoms with Gasteiger partial charge in [0.1, 0.15) is 11.6 Å². The van der Waals surface area contributed by atoms with Gasteiger partial charge >= 0.3 is 0 Å². The highest BCUT2D eigenvalue weighted by molar-refractivity contribution is 14.1. The van der Waals surface area contributed by atoms with Crippen LogP contribution in [0.1, 0.15) is 18.5 Å². The molecule has 2 N–H and O–H groups in total. The summed E-state index contributed by atoms with van der Waals surface area (Å²) in [6.45, 7) is 1.88. The van der Waals surface area contributed by atoms with Gasteiger partial charge in [0.15, 0.2) is 0 Å². The number of aromatic hydroxyl groups is 1. The highest BCUT2D eigenvalue weighted by Crippen LogP contribution is 2.27. The number of phenols is 1. The minimum atomic E-state index is -0.348. The molecule has 0 aliphatic rings. The third-order valence-electron chi connectivity index (χ3n) is 2.68. The summed E-state index contributed by atoms with van der Waals surface area (Å²) in [5.74, 6) is -0.249. The van der Waals surface area contributed by atoms with Crippen molar-refractivity contribution in [2.24, 2.45) is 0 Å². The molecular formula is C14H13FINO. The molecule has 0 saturated heterocycles. The van der Waals surface area contributed by atoms with Crippen LogP contribution in [0.25, 0.3) is 0 Å². The first-order valence-electron chi connectivity index (χ1n) is 5.57. The Balaban J connectivity index is 2.18. The molecule has 0 radical (unpaired) electrons. The standard InChI is InChI=1S/C14H13FINO/c1-9(13-8-10(15)2-7-14(13)18)17-12-5-3-11(16)4-6-12/h2-9,17-18H,1H3. The zero-order valence-corrected chi connectivity index (χ0v) is 12.0. The second-order valence-electron chi connectivity index (χ2n) is 4.08. The lowest BCUT2D eigenvalue weighted by Crippen LogP contribution is -2.07. The molecule has 2 aromatic rings. The molecule has 2 nitrogen and oxygen atoms in total. The lowest BCUT2D eigenvalue weighted by Gasteiger charge is -2.17. The number of rotatable bonds is 3. The van der Waals surface area contributed by atoms with Crippen LogP contribution in [-0.2, 0) is 0 Å². The Bertz CT molecular complexity index is 542. The van der Waals surface area contributed by atoms with Gasteiger partial charge in [0.05, 0.1) is 6.04 Å². The summed E-state index contributed by atoms with van der Waals surface area (Å²) in [6, 6.07) is 11.7. The number of phenolic OH excluding ortho intramolecular Hbond substituents is 1. The molecule has 94 valence electrons. The molecule has 1 unspecified atom stereocenters. The van der Waals surface area contributed by atoms with Crippen molar-refractivity contribution in [3.05, 3.63) is 57.4 Å². The summed E-state index contributed by atoms with van der Waals surface area (Å²) in [6.07, 6.45) is 0. The number of anilines is 1. The highest BCUT2D eigenvalue weighted by Gasteiger charge is 2.11. The molecule has 0 fully saturated rings. The minimum Gasteiger partial charge on any atom is -0.508 e. The lowest BCUT2D eigenvalue weighted by atomic mass is 10.1. The molecule has 2 rings (SSSR count). The topological polar surface area (TPSA) is 32.3 Å². The smallest absolute Gasteiger partial charge is 0.123 e. The van der Waals surface area contributed by atoms with E-state index in [9.17, 15) is 9.50 Å². The fraction of sp³-hybridized carbons (Fsp3) is 0.143. The van der Waals surface area contributed by atoms with Gasteiger partial charge in [-0.2, -0.15) is 0 Å². The van der Waals surface area contributed by atoms with Crippen LogP contribution in [0.2, 0.25) is 0 Å². The summed E-state index contributed by atoms with van der Waals surface area (Å²) in [5, 5.41) is 12.9. The van der Waals surface area contributed by atoms with E-state index in [1.165, 1.54) is 18.2 Å². The van der Waals surface area contributed by atoms with Gasteiger partial charge in [-0.15, -0.1) is 0 Å². The van der Waals surface area contributed by atoms with Crippen molar-refractivity contribution in [3.8, 4) is 5.75 Å². The third kappa shape index (κ3) is 3.13. The van der Waals surface area contributed by atoms with Crippen molar-refractivity contribution in [1.82, 2.24) is 0 Å². The molecule has 0 saturated carbocycles. The molecule has 1 atom stereocenters. The maximum absolute atomic E-state index is 13.2. The molecule has 0 aromatic heterocycles. The van der Waals surface area contributed by atoms with Crippen LogP contribution < -0.4 is 5.32 Å². The van der Waals surface area contributed by atoms with Crippen molar-refractivity contribution in [2.45, 2.75) is 13.0 Å². The van der Waals surface area contributed by atoms with Crippen LogP contribution in [-0.4, -0.2) is 5.11 Å². The highest BCUT2D eigenvalue weighted by atomic mass is 127. The maximum atomic E-state index is 13.2. The zero-order chi connectivity index (χ0) is 13.1. The molecule has 0 aliphatic carbocycles. The number of halogens is 2. The summed E-state index contributed by atoms with van der Waals surface area (Å²) in [4.78, 5) is 0. The van der Waals surface area contributed by atoms with E-state index in [0.717, 1.165) is 9.26 Å². The van der Waals surface area contributed by atoms with Gasteiger partial charge in [-0.05, 0) is 72.0 Å². The second kappa shape index (κ2) is 5.56. The van der Waals surface area contributed by atoms with Crippen molar-refractivity contribution in [2.75, 3.05) is 5.32 Å². The summed E-state index contributed by atoms with van der Waals surface area (Å²) < 4.78 is 14.3. The fourth-order valence-electron chi connectivity index (χ4n) is 1.75. The van der Waals surface area contributed by atoms with Crippen molar-refractivity contribution >= 4 is 28.3 Å². The Hall–Kier alpha value is -1.30.